The van der Waals surface area contributed by atoms with Crippen LogP contribution < -0.4 is 10.7 Å². The van der Waals surface area contributed by atoms with E-state index in [9.17, 15) is 30.3 Å². The summed E-state index contributed by atoms with van der Waals surface area (Å²) in [5, 5.41) is 53.1. The maximum atomic E-state index is 12.8. The molecule has 0 saturated heterocycles. The number of phenols is 4. The Kier molecular flexibility index (Phi) is 5.14. The first kappa shape index (κ1) is 20.1. The molecular formula is C23H19NO7. The predicted molar refractivity (Wildman–Crippen MR) is 113 cm³/mol. The normalized spacial score (nSPS) is 11.1. The second-order valence-corrected chi connectivity index (χ2v) is 7.00. The van der Waals surface area contributed by atoms with Gasteiger partial charge in [0.25, 0.3) is 0 Å². The van der Waals surface area contributed by atoms with Crippen molar-refractivity contribution in [2.75, 3.05) is 0 Å². The first-order valence-electron chi connectivity index (χ1n) is 9.37. The third-order valence-electron chi connectivity index (χ3n) is 4.91. The highest BCUT2D eigenvalue weighted by Gasteiger charge is 2.23. The molecule has 1 aromatic heterocycles. The van der Waals surface area contributed by atoms with Crippen LogP contribution in [0.25, 0.3) is 22.3 Å². The van der Waals surface area contributed by atoms with Crippen molar-refractivity contribution in [3.63, 3.8) is 0 Å². The van der Waals surface area contributed by atoms with E-state index in [1.165, 1.54) is 12.1 Å². The number of aromatic hydroxyl groups is 5. The molecule has 158 valence electrons. The fourth-order valence-corrected chi connectivity index (χ4v) is 3.34. The molecule has 0 bridgehead atoms. The summed E-state index contributed by atoms with van der Waals surface area (Å²) in [5.41, 5.74) is 0.335. The van der Waals surface area contributed by atoms with Crippen LogP contribution in [0.1, 0.15) is 11.1 Å². The minimum atomic E-state index is -0.898. The van der Waals surface area contributed by atoms with Gasteiger partial charge in [-0.3, -0.25) is 4.79 Å². The molecule has 8 nitrogen and oxygen atoms in total. The van der Waals surface area contributed by atoms with Gasteiger partial charge in [0, 0.05) is 24.7 Å². The van der Waals surface area contributed by atoms with Gasteiger partial charge in [-0.2, -0.15) is 0 Å². The molecule has 0 saturated carbocycles. The Balaban J connectivity index is 1.83. The van der Waals surface area contributed by atoms with Gasteiger partial charge in [0.05, 0.1) is 5.56 Å². The van der Waals surface area contributed by atoms with E-state index in [0.717, 1.165) is 17.7 Å². The molecule has 3 aromatic carbocycles. The standard InChI is InChI=1S/C23H19NO7/c25-15-7-6-13(8-17(15)27)22-21(30)20(29)19-18(28)9-16(26)14(23(19)31-22)11-24-10-12-4-2-1-3-5-12/h1-9,24-28,30H,10-11H2. The van der Waals surface area contributed by atoms with Crippen LogP contribution in [0.15, 0.2) is 63.8 Å². The Morgan fingerprint density at radius 3 is 2.23 bits per heavy atom. The molecule has 0 fully saturated rings. The largest absolute Gasteiger partial charge is 0.507 e. The van der Waals surface area contributed by atoms with Crippen LogP contribution in [0.3, 0.4) is 0 Å². The fraction of sp³-hybridized carbons (Fsp3) is 0.0870. The summed E-state index contributed by atoms with van der Waals surface area (Å²) in [6.07, 6.45) is 0. The molecule has 0 spiro atoms. The number of phenolic OH excluding ortho intramolecular Hbond substituents is 4. The van der Waals surface area contributed by atoms with Crippen LogP contribution in [0.5, 0.6) is 28.7 Å². The Morgan fingerprint density at radius 1 is 0.774 bits per heavy atom. The van der Waals surface area contributed by atoms with E-state index >= 15 is 0 Å². The van der Waals surface area contributed by atoms with E-state index < -0.39 is 22.7 Å². The summed E-state index contributed by atoms with van der Waals surface area (Å²) < 4.78 is 5.75. The summed E-state index contributed by atoms with van der Waals surface area (Å²) in [5.74, 6) is -2.73. The molecule has 0 aliphatic carbocycles. The second-order valence-electron chi connectivity index (χ2n) is 7.00. The molecule has 1 heterocycles. The number of nitrogens with one attached hydrogen (secondary N) is 1. The van der Waals surface area contributed by atoms with Crippen LogP contribution >= 0.6 is 0 Å². The minimum absolute atomic E-state index is 0.103. The minimum Gasteiger partial charge on any atom is -0.507 e. The van der Waals surface area contributed by atoms with Crippen molar-refractivity contribution >= 4 is 11.0 Å². The van der Waals surface area contributed by atoms with Gasteiger partial charge < -0.3 is 35.3 Å². The molecule has 0 aliphatic rings. The van der Waals surface area contributed by atoms with Crippen molar-refractivity contribution in [1.82, 2.24) is 5.32 Å². The summed E-state index contributed by atoms with van der Waals surface area (Å²) in [4.78, 5) is 12.8. The summed E-state index contributed by atoms with van der Waals surface area (Å²) in [6.45, 7) is 0.579. The predicted octanol–water partition coefficient (Wildman–Crippen LogP) is 3.28. The highest BCUT2D eigenvalue weighted by Crippen LogP contribution is 2.39. The highest BCUT2D eigenvalue weighted by atomic mass is 16.4. The fourth-order valence-electron chi connectivity index (χ4n) is 3.34. The molecule has 6 N–H and O–H groups in total. The van der Waals surface area contributed by atoms with Gasteiger partial charge in [-0.05, 0) is 23.8 Å². The number of hydrogen-bond donors (Lipinski definition) is 6. The summed E-state index contributed by atoms with van der Waals surface area (Å²) in [6, 6.07) is 14.2. The zero-order valence-corrected chi connectivity index (χ0v) is 16.2. The molecule has 0 amide bonds. The first-order chi connectivity index (χ1) is 14.9. The lowest BCUT2D eigenvalue weighted by Gasteiger charge is -2.13. The van der Waals surface area contributed by atoms with E-state index in [0.29, 0.717) is 6.54 Å². The van der Waals surface area contributed by atoms with Crippen LogP contribution in [-0.2, 0) is 13.1 Å². The Morgan fingerprint density at radius 2 is 1.52 bits per heavy atom. The number of rotatable bonds is 5. The average molecular weight is 421 g/mol. The van der Waals surface area contributed by atoms with Gasteiger partial charge in [-0.1, -0.05) is 30.3 Å². The molecule has 0 radical (unpaired) electrons. The van der Waals surface area contributed by atoms with Crippen LogP contribution in [0, 0.1) is 0 Å². The lowest BCUT2D eigenvalue weighted by atomic mass is 10.0. The van der Waals surface area contributed by atoms with E-state index in [2.05, 4.69) is 5.32 Å². The molecule has 0 unspecified atom stereocenters. The zero-order chi connectivity index (χ0) is 22.1. The second kappa shape index (κ2) is 7.92. The molecule has 8 heteroatoms. The van der Waals surface area contributed by atoms with Gasteiger partial charge >= 0.3 is 0 Å². The van der Waals surface area contributed by atoms with Crippen molar-refractivity contribution in [1.29, 1.82) is 0 Å². The third-order valence-corrected chi connectivity index (χ3v) is 4.91. The average Bonchev–Trinajstić information content (AvgIpc) is 2.75. The number of benzene rings is 3. The van der Waals surface area contributed by atoms with Crippen LogP contribution in [0.4, 0.5) is 0 Å². The SMILES string of the molecule is O=c1c(O)c(-c2ccc(O)c(O)c2)oc2c(CNCc3ccccc3)c(O)cc(O)c12. The van der Waals surface area contributed by atoms with Crippen LogP contribution in [-0.4, -0.2) is 25.5 Å². The van der Waals surface area contributed by atoms with E-state index in [-0.39, 0.29) is 45.9 Å². The molecule has 4 rings (SSSR count). The van der Waals surface area contributed by atoms with Gasteiger partial charge in [0.2, 0.25) is 11.2 Å². The summed E-state index contributed by atoms with van der Waals surface area (Å²) >= 11 is 0. The molecule has 0 aliphatic heterocycles. The lowest BCUT2D eigenvalue weighted by Crippen LogP contribution is -2.14. The van der Waals surface area contributed by atoms with Crippen LogP contribution in [0.2, 0.25) is 0 Å². The topological polar surface area (TPSA) is 143 Å². The molecular weight excluding hydrogens is 402 g/mol. The summed E-state index contributed by atoms with van der Waals surface area (Å²) in [7, 11) is 0. The Hall–Kier alpha value is -4.17. The molecule has 31 heavy (non-hydrogen) atoms. The quantitative estimate of drug-likeness (QED) is 0.270. The van der Waals surface area contributed by atoms with E-state index in [4.69, 9.17) is 4.42 Å². The lowest BCUT2D eigenvalue weighted by molar-refractivity contribution is 0.403. The zero-order valence-electron chi connectivity index (χ0n) is 16.2. The van der Waals surface area contributed by atoms with Crippen molar-refractivity contribution in [3.05, 3.63) is 75.9 Å². The molecule has 4 aromatic rings. The molecule has 0 atom stereocenters. The van der Waals surface area contributed by atoms with Gasteiger partial charge in [-0.15, -0.1) is 0 Å². The van der Waals surface area contributed by atoms with Crippen molar-refractivity contribution in [2.24, 2.45) is 0 Å². The maximum Gasteiger partial charge on any atom is 0.238 e. The van der Waals surface area contributed by atoms with E-state index in [1.807, 2.05) is 30.3 Å². The van der Waals surface area contributed by atoms with E-state index in [1.54, 1.807) is 0 Å². The van der Waals surface area contributed by atoms with Gasteiger partial charge in [0.1, 0.15) is 16.9 Å². The van der Waals surface area contributed by atoms with Crippen molar-refractivity contribution < 1.29 is 29.9 Å². The van der Waals surface area contributed by atoms with Crippen molar-refractivity contribution in [2.45, 2.75) is 13.1 Å². The smallest absolute Gasteiger partial charge is 0.238 e. The van der Waals surface area contributed by atoms with Gasteiger partial charge in [-0.25, -0.2) is 0 Å². The third kappa shape index (κ3) is 3.72. The highest BCUT2D eigenvalue weighted by molar-refractivity contribution is 5.91. The first-order valence-corrected chi connectivity index (χ1v) is 9.37. The number of fused-ring (bicyclic) bond motifs is 1. The number of hydrogen-bond acceptors (Lipinski definition) is 8. The van der Waals surface area contributed by atoms with Crippen molar-refractivity contribution in [3.8, 4) is 40.1 Å². The maximum absolute atomic E-state index is 12.8. The van der Waals surface area contributed by atoms with Gasteiger partial charge in [0.15, 0.2) is 22.8 Å². The Bertz CT molecular complexity index is 1330. The monoisotopic (exact) mass is 421 g/mol. The Labute approximate surface area is 175 Å².